The highest BCUT2D eigenvalue weighted by Crippen LogP contribution is 2.33. The SMILES string of the molecule is COC(=O)N1CN=C(c2ccc(-c3ccc4occc4c3)cc2)N(CC2CCN(C(=O)C3CC3)C2)C(=O)C1. The fourth-order valence-corrected chi connectivity index (χ4v) is 5.33. The van der Waals surface area contributed by atoms with Gasteiger partial charge in [-0.05, 0) is 54.5 Å². The van der Waals surface area contributed by atoms with E-state index in [1.165, 1.54) is 12.0 Å². The predicted molar refractivity (Wildman–Crippen MR) is 141 cm³/mol. The molecule has 9 nitrogen and oxygen atoms in total. The molecule has 0 radical (unpaired) electrons. The molecule has 3 aromatic rings. The lowest BCUT2D eigenvalue weighted by molar-refractivity contribution is -0.131. The van der Waals surface area contributed by atoms with Crippen molar-refractivity contribution in [2.24, 2.45) is 16.8 Å². The Balaban J connectivity index is 1.26. The predicted octanol–water partition coefficient (Wildman–Crippen LogP) is 3.97. The molecule has 9 heteroatoms. The third kappa shape index (κ3) is 4.76. The van der Waals surface area contributed by atoms with Crippen LogP contribution >= 0.6 is 0 Å². The second kappa shape index (κ2) is 9.96. The standard InChI is InChI=1S/C29H30N4O5/c1-37-29(36)32-17-26(34)33(16-19-10-12-31(15-19)28(35)22-6-7-22)27(30-18-32)21-4-2-20(3-5-21)23-8-9-25-24(14-23)11-13-38-25/h2-5,8-9,11,13-14,19,22H,6-7,10,12,15-18H2,1H3. The number of aliphatic imine (C=N–C) groups is 1. The molecule has 1 aliphatic carbocycles. The molecular weight excluding hydrogens is 484 g/mol. The van der Waals surface area contributed by atoms with Crippen LogP contribution in [-0.2, 0) is 14.3 Å². The van der Waals surface area contributed by atoms with Crippen molar-refractivity contribution in [2.75, 3.05) is 40.0 Å². The van der Waals surface area contributed by atoms with Crippen molar-refractivity contribution in [3.8, 4) is 11.1 Å². The first-order chi connectivity index (χ1) is 18.5. The van der Waals surface area contributed by atoms with Crippen LogP contribution in [0.5, 0.6) is 0 Å². The maximum Gasteiger partial charge on any atom is 0.411 e. The van der Waals surface area contributed by atoms with Gasteiger partial charge in [-0.3, -0.25) is 19.4 Å². The van der Waals surface area contributed by atoms with E-state index < -0.39 is 6.09 Å². The number of fused-ring (bicyclic) bond motifs is 1. The van der Waals surface area contributed by atoms with Gasteiger partial charge in [0.1, 0.15) is 24.6 Å². The summed E-state index contributed by atoms with van der Waals surface area (Å²) in [6.45, 7) is 1.72. The average molecular weight is 515 g/mol. The van der Waals surface area contributed by atoms with E-state index in [2.05, 4.69) is 6.07 Å². The lowest BCUT2D eigenvalue weighted by Gasteiger charge is -2.26. The summed E-state index contributed by atoms with van der Waals surface area (Å²) >= 11 is 0. The van der Waals surface area contributed by atoms with Crippen molar-refractivity contribution in [3.05, 3.63) is 60.4 Å². The molecular formula is C29H30N4O5. The Kier molecular flexibility index (Phi) is 6.35. The third-order valence-electron chi connectivity index (χ3n) is 7.60. The minimum atomic E-state index is -0.588. The third-order valence-corrected chi connectivity index (χ3v) is 7.60. The zero-order valence-electron chi connectivity index (χ0n) is 21.3. The highest BCUT2D eigenvalue weighted by molar-refractivity contribution is 6.09. The number of amides is 3. The van der Waals surface area contributed by atoms with Crippen molar-refractivity contribution in [3.63, 3.8) is 0 Å². The van der Waals surface area contributed by atoms with Crippen LogP contribution in [0.1, 0.15) is 24.8 Å². The zero-order chi connectivity index (χ0) is 26.2. The fourth-order valence-electron chi connectivity index (χ4n) is 5.33. The fraction of sp³-hybridized carbons (Fsp3) is 0.379. The van der Waals surface area contributed by atoms with Gasteiger partial charge in [0.15, 0.2) is 0 Å². The molecule has 0 bridgehead atoms. The molecule has 3 amide bonds. The first-order valence-electron chi connectivity index (χ1n) is 13.0. The monoisotopic (exact) mass is 514 g/mol. The molecule has 2 fully saturated rings. The van der Waals surface area contributed by atoms with Gasteiger partial charge in [-0.15, -0.1) is 0 Å². The van der Waals surface area contributed by atoms with E-state index in [9.17, 15) is 14.4 Å². The molecule has 1 aromatic heterocycles. The van der Waals surface area contributed by atoms with E-state index in [4.69, 9.17) is 14.1 Å². The Hall–Kier alpha value is -4.14. The van der Waals surface area contributed by atoms with E-state index in [-0.39, 0.29) is 36.9 Å². The van der Waals surface area contributed by atoms with Crippen LogP contribution in [0.25, 0.3) is 22.1 Å². The van der Waals surface area contributed by atoms with Crippen LogP contribution in [0.3, 0.4) is 0 Å². The molecule has 1 atom stereocenters. The highest BCUT2D eigenvalue weighted by Gasteiger charge is 2.38. The number of benzene rings is 2. The van der Waals surface area contributed by atoms with Gasteiger partial charge < -0.3 is 14.1 Å². The second-order valence-corrected chi connectivity index (χ2v) is 10.3. The summed E-state index contributed by atoms with van der Waals surface area (Å²) in [6.07, 6.45) is 3.89. The maximum atomic E-state index is 13.4. The maximum absolute atomic E-state index is 13.4. The molecule has 3 aliphatic rings. The summed E-state index contributed by atoms with van der Waals surface area (Å²) in [6, 6.07) is 15.9. The van der Waals surface area contributed by atoms with Gasteiger partial charge in [0, 0.05) is 36.5 Å². The zero-order valence-corrected chi connectivity index (χ0v) is 21.3. The van der Waals surface area contributed by atoms with Crippen LogP contribution in [-0.4, -0.2) is 78.4 Å². The lowest BCUT2D eigenvalue weighted by atomic mass is 10.0. The molecule has 6 rings (SSSR count). The quantitative estimate of drug-likeness (QED) is 0.513. The molecule has 0 N–H and O–H groups in total. The van der Waals surface area contributed by atoms with Crippen molar-refractivity contribution in [1.29, 1.82) is 0 Å². The lowest BCUT2D eigenvalue weighted by Crippen LogP contribution is -2.45. The van der Waals surface area contributed by atoms with E-state index in [0.29, 0.717) is 18.9 Å². The number of methoxy groups -OCH3 is 1. The number of ether oxygens (including phenoxy) is 1. The molecule has 1 unspecified atom stereocenters. The Morgan fingerprint density at radius 1 is 1.00 bits per heavy atom. The number of rotatable bonds is 5. The van der Waals surface area contributed by atoms with Gasteiger partial charge in [0.25, 0.3) is 0 Å². The minimum absolute atomic E-state index is 0.0279. The van der Waals surface area contributed by atoms with Crippen molar-refractivity contribution >= 4 is 34.7 Å². The number of hydrogen-bond acceptors (Lipinski definition) is 6. The number of hydrogen-bond donors (Lipinski definition) is 0. The number of nitrogens with zero attached hydrogens (tertiary/aromatic N) is 4. The van der Waals surface area contributed by atoms with Crippen molar-refractivity contribution in [1.82, 2.24) is 14.7 Å². The van der Waals surface area contributed by atoms with Gasteiger partial charge in [-0.2, -0.15) is 0 Å². The minimum Gasteiger partial charge on any atom is -0.464 e. The topological polar surface area (TPSA) is 95.7 Å². The molecule has 38 heavy (non-hydrogen) atoms. The summed E-state index contributed by atoms with van der Waals surface area (Å²) in [5.74, 6) is 0.896. The molecule has 1 saturated heterocycles. The van der Waals surface area contributed by atoms with E-state index >= 15 is 0 Å². The molecule has 1 saturated carbocycles. The Morgan fingerprint density at radius 3 is 2.53 bits per heavy atom. The van der Waals surface area contributed by atoms with Crippen molar-refractivity contribution < 1.29 is 23.5 Å². The summed E-state index contributed by atoms with van der Waals surface area (Å²) in [7, 11) is 1.30. The van der Waals surface area contributed by atoms with Gasteiger partial charge in [-0.25, -0.2) is 9.79 Å². The van der Waals surface area contributed by atoms with E-state index in [0.717, 1.165) is 53.5 Å². The van der Waals surface area contributed by atoms with E-state index in [1.807, 2.05) is 47.4 Å². The average Bonchev–Trinajstić information content (AvgIpc) is 3.55. The first kappa shape index (κ1) is 24.2. The van der Waals surface area contributed by atoms with Crippen LogP contribution in [0, 0.1) is 11.8 Å². The van der Waals surface area contributed by atoms with Gasteiger partial charge in [-0.1, -0.05) is 30.3 Å². The van der Waals surface area contributed by atoms with Crippen LogP contribution in [0.2, 0.25) is 0 Å². The number of amidine groups is 1. The molecule has 196 valence electrons. The summed E-state index contributed by atoms with van der Waals surface area (Å²) in [5, 5.41) is 1.03. The van der Waals surface area contributed by atoms with Crippen LogP contribution in [0.4, 0.5) is 4.79 Å². The molecule has 3 heterocycles. The highest BCUT2D eigenvalue weighted by atomic mass is 16.5. The largest absolute Gasteiger partial charge is 0.464 e. The number of carbonyl (C=O) groups is 3. The number of furan rings is 1. The van der Waals surface area contributed by atoms with E-state index in [1.54, 1.807) is 11.2 Å². The Morgan fingerprint density at radius 2 is 1.76 bits per heavy atom. The van der Waals surface area contributed by atoms with Gasteiger partial charge >= 0.3 is 6.09 Å². The Bertz CT molecular complexity index is 1410. The smallest absolute Gasteiger partial charge is 0.411 e. The van der Waals surface area contributed by atoms with Crippen molar-refractivity contribution in [2.45, 2.75) is 19.3 Å². The number of carbonyl (C=O) groups excluding carboxylic acids is 3. The second-order valence-electron chi connectivity index (χ2n) is 10.3. The molecule has 2 aliphatic heterocycles. The Labute approximate surface area is 220 Å². The first-order valence-corrected chi connectivity index (χ1v) is 13.0. The normalized spacial score (nSPS) is 20.0. The summed E-state index contributed by atoms with van der Waals surface area (Å²) < 4.78 is 10.3. The summed E-state index contributed by atoms with van der Waals surface area (Å²) in [4.78, 5) is 47.9. The number of likely N-dealkylation sites (tertiary alicyclic amines) is 1. The molecule has 0 spiro atoms. The van der Waals surface area contributed by atoms with Gasteiger partial charge in [0.05, 0.1) is 13.4 Å². The van der Waals surface area contributed by atoms with Crippen LogP contribution < -0.4 is 0 Å². The summed E-state index contributed by atoms with van der Waals surface area (Å²) in [5.41, 5.74) is 3.73. The van der Waals surface area contributed by atoms with Gasteiger partial charge in [0.2, 0.25) is 11.8 Å². The van der Waals surface area contributed by atoms with Crippen LogP contribution in [0.15, 0.2) is 64.2 Å². The molecule has 2 aromatic carbocycles.